The first-order chi connectivity index (χ1) is 10.0. The van der Waals surface area contributed by atoms with Crippen molar-refractivity contribution in [3.63, 3.8) is 0 Å². The molecule has 1 aromatic heterocycles. The van der Waals surface area contributed by atoms with Gasteiger partial charge in [-0.2, -0.15) is 4.98 Å². The van der Waals surface area contributed by atoms with Gasteiger partial charge in [-0.05, 0) is 13.0 Å². The lowest BCUT2D eigenvalue weighted by molar-refractivity contribution is -0.386. The first-order valence-electron chi connectivity index (χ1n) is 5.93. The zero-order chi connectivity index (χ0) is 15.4. The first kappa shape index (κ1) is 14.7. The average Bonchev–Trinajstić information content (AvgIpc) is 2.89. The van der Waals surface area contributed by atoms with E-state index >= 15 is 0 Å². The van der Waals surface area contributed by atoms with Crippen molar-refractivity contribution in [3.05, 3.63) is 39.5 Å². The van der Waals surface area contributed by atoms with Crippen molar-refractivity contribution in [1.82, 2.24) is 10.1 Å². The number of hydrogen-bond acceptors (Lipinski definition) is 8. The third-order valence-corrected chi connectivity index (χ3v) is 2.65. The number of aliphatic hydroxyl groups excluding tert-OH is 1. The van der Waals surface area contributed by atoms with Crippen molar-refractivity contribution in [2.24, 2.45) is 0 Å². The van der Waals surface area contributed by atoms with Gasteiger partial charge in [0.25, 0.3) is 11.6 Å². The van der Waals surface area contributed by atoms with Crippen molar-refractivity contribution < 1.29 is 24.0 Å². The van der Waals surface area contributed by atoms with Crippen LogP contribution in [0.3, 0.4) is 0 Å². The Morgan fingerprint density at radius 1 is 1.43 bits per heavy atom. The standard InChI is InChI=1S/C12H13N3O6/c1-7-13-12(21-14-7)6-20-11-4-9(15(17)18)8(5-16)3-10(11)19-2/h3-4,16H,5-6H2,1-2H3. The molecule has 1 N–H and O–H groups in total. The molecule has 0 radical (unpaired) electrons. The molecule has 1 heterocycles. The molecule has 0 saturated carbocycles. The lowest BCUT2D eigenvalue weighted by Gasteiger charge is -2.10. The number of aliphatic hydroxyl groups is 1. The molecule has 21 heavy (non-hydrogen) atoms. The Kier molecular flexibility index (Phi) is 4.33. The molecule has 0 spiro atoms. The van der Waals surface area contributed by atoms with E-state index in [-0.39, 0.29) is 35.2 Å². The molecule has 0 atom stereocenters. The highest BCUT2D eigenvalue weighted by Crippen LogP contribution is 2.35. The normalized spacial score (nSPS) is 10.4. The largest absolute Gasteiger partial charge is 0.493 e. The predicted octanol–water partition coefficient (Wildman–Crippen LogP) is 1.37. The number of nitro groups is 1. The summed E-state index contributed by atoms with van der Waals surface area (Å²) in [6, 6.07) is 2.54. The van der Waals surface area contributed by atoms with E-state index in [4.69, 9.17) is 19.1 Å². The minimum absolute atomic E-state index is 0.0488. The van der Waals surface area contributed by atoms with Gasteiger partial charge in [-0.25, -0.2) is 0 Å². The molecule has 2 rings (SSSR count). The number of aryl methyl sites for hydroxylation is 1. The van der Waals surface area contributed by atoms with E-state index in [1.807, 2.05) is 0 Å². The molecule has 9 nitrogen and oxygen atoms in total. The highest BCUT2D eigenvalue weighted by atomic mass is 16.6. The number of aromatic nitrogens is 2. The van der Waals surface area contributed by atoms with Crippen LogP contribution in [0.25, 0.3) is 0 Å². The zero-order valence-corrected chi connectivity index (χ0v) is 11.4. The molecule has 0 bridgehead atoms. The summed E-state index contributed by atoms with van der Waals surface area (Å²) in [5.74, 6) is 1.11. The van der Waals surface area contributed by atoms with Gasteiger partial charge in [0.15, 0.2) is 23.9 Å². The Bertz CT molecular complexity index is 654. The van der Waals surface area contributed by atoms with E-state index in [1.165, 1.54) is 19.2 Å². The van der Waals surface area contributed by atoms with Crippen LogP contribution < -0.4 is 9.47 Å². The van der Waals surface area contributed by atoms with Crippen molar-refractivity contribution in [2.75, 3.05) is 7.11 Å². The molecule has 0 fully saturated rings. The summed E-state index contributed by atoms with van der Waals surface area (Å²) in [6.07, 6.45) is 0. The second-order valence-corrected chi connectivity index (χ2v) is 4.07. The Labute approximate surface area is 119 Å². The molecule has 0 unspecified atom stereocenters. The second-order valence-electron chi connectivity index (χ2n) is 4.07. The smallest absolute Gasteiger partial charge is 0.278 e. The first-order valence-corrected chi connectivity index (χ1v) is 5.93. The summed E-state index contributed by atoms with van der Waals surface area (Å²) >= 11 is 0. The summed E-state index contributed by atoms with van der Waals surface area (Å²) < 4.78 is 15.4. The second kappa shape index (κ2) is 6.18. The maximum absolute atomic E-state index is 11.0. The van der Waals surface area contributed by atoms with Crippen LogP contribution in [-0.2, 0) is 13.2 Å². The molecule has 0 aliphatic rings. The van der Waals surface area contributed by atoms with Crippen LogP contribution in [0.1, 0.15) is 17.3 Å². The van der Waals surface area contributed by atoms with E-state index < -0.39 is 11.5 Å². The van der Waals surface area contributed by atoms with Gasteiger partial charge in [0, 0.05) is 0 Å². The summed E-state index contributed by atoms with van der Waals surface area (Å²) in [7, 11) is 1.39. The number of rotatable bonds is 6. The summed E-state index contributed by atoms with van der Waals surface area (Å²) in [5.41, 5.74) is -0.118. The van der Waals surface area contributed by atoms with Crippen LogP contribution in [-0.4, -0.2) is 27.3 Å². The minimum atomic E-state index is -0.602. The van der Waals surface area contributed by atoms with Gasteiger partial charge in [-0.3, -0.25) is 10.1 Å². The van der Waals surface area contributed by atoms with Crippen LogP contribution in [0.4, 0.5) is 5.69 Å². The Morgan fingerprint density at radius 2 is 2.19 bits per heavy atom. The van der Waals surface area contributed by atoms with Gasteiger partial charge < -0.3 is 19.1 Å². The summed E-state index contributed by atoms with van der Waals surface area (Å²) in [6.45, 7) is 1.14. The van der Waals surface area contributed by atoms with Crippen LogP contribution in [0.5, 0.6) is 11.5 Å². The lowest BCUT2D eigenvalue weighted by atomic mass is 10.1. The lowest BCUT2D eigenvalue weighted by Crippen LogP contribution is -2.02. The highest BCUT2D eigenvalue weighted by Gasteiger charge is 2.19. The number of methoxy groups -OCH3 is 1. The van der Waals surface area contributed by atoms with Gasteiger partial charge in [-0.1, -0.05) is 5.16 Å². The van der Waals surface area contributed by atoms with Crippen LogP contribution in [0.2, 0.25) is 0 Å². The molecule has 0 aliphatic carbocycles. The number of nitro benzene ring substituents is 1. The SMILES string of the molecule is COc1cc(CO)c([N+](=O)[O-])cc1OCc1nc(C)no1. The van der Waals surface area contributed by atoms with Crippen LogP contribution >= 0.6 is 0 Å². The van der Waals surface area contributed by atoms with Crippen molar-refractivity contribution >= 4 is 5.69 Å². The van der Waals surface area contributed by atoms with Crippen molar-refractivity contribution in [1.29, 1.82) is 0 Å². The van der Waals surface area contributed by atoms with Crippen molar-refractivity contribution in [3.8, 4) is 11.5 Å². The fraction of sp³-hybridized carbons (Fsp3) is 0.333. The maximum atomic E-state index is 11.0. The Morgan fingerprint density at radius 3 is 2.71 bits per heavy atom. The summed E-state index contributed by atoms with van der Waals surface area (Å²) in [4.78, 5) is 14.3. The highest BCUT2D eigenvalue weighted by molar-refractivity contribution is 5.54. The Hall–Kier alpha value is -2.68. The zero-order valence-electron chi connectivity index (χ0n) is 11.4. The molecule has 0 aliphatic heterocycles. The molecular weight excluding hydrogens is 282 g/mol. The number of ether oxygens (including phenoxy) is 2. The monoisotopic (exact) mass is 295 g/mol. The predicted molar refractivity (Wildman–Crippen MR) is 68.9 cm³/mol. The topological polar surface area (TPSA) is 121 Å². The number of nitrogens with zero attached hydrogens (tertiary/aromatic N) is 3. The third-order valence-electron chi connectivity index (χ3n) is 2.65. The molecule has 1 aromatic carbocycles. The van der Waals surface area contributed by atoms with Gasteiger partial charge >= 0.3 is 0 Å². The van der Waals surface area contributed by atoms with E-state index in [1.54, 1.807) is 6.92 Å². The van der Waals surface area contributed by atoms with Gasteiger partial charge in [0.05, 0.1) is 30.3 Å². The molecular formula is C12H13N3O6. The molecule has 0 amide bonds. The van der Waals surface area contributed by atoms with Crippen molar-refractivity contribution in [2.45, 2.75) is 20.1 Å². The van der Waals surface area contributed by atoms with E-state index in [2.05, 4.69) is 10.1 Å². The Balaban J connectivity index is 2.28. The van der Waals surface area contributed by atoms with Gasteiger partial charge in [-0.15, -0.1) is 0 Å². The maximum Gasteiger partial charge on any atom is 0.278 e. The van der Waals surface area contributed by atoms with E-state index in [9.17, 15) is 10.1 Å². The molecule has 0 saturated heterocycles. The fourth-order valence-corrected chi connectivity index (χ4v) is 1.70. The average molecular weight is 295 g/mol. The number of hydrogen-bond donors (Lipinski definition) is 1. The van der Waals surface area contributed by atoms with Crippen LogP contribution in [0.15, 0.2) is 16.7 Å². The van der Waals surface area contributed by atoms with Gasteiger partial charge in [0.2, 0.25) is 0 Å². The van der Waals surface area contributed by atoms with Crippen LogP contribution in [0, 0.1) is 17.0 Å². The molecule has 2 aromatic rings. The molecule has 9 heteroatoms. The van der Waals surface area contributed by atoms with E-state index in [0.717, 1.165) is 0 Å². The van der Waals surface area contributed by atoms with E-state index in [0.29, 0.717) is 5.82 Å². The summed E-state index contributed by atoms with van der Waals surface area (Å²) in [5, 5.41) is 23.7. The minimum Gasteiger partial charge on any atom is -0.493 e. The number of benzene rings is 1. The quantitative estimate of drug-likeness (QED) is 0.626. The fourth-order valence-electron chi connectivity index (χ4n) is 1.70. The third kappa shape index (κ3) is 3.26. The molecule has 112 valence electrons. The van der Waals surface area contributed by atoms with Gasteiger partial charge in [0.1, 0.15) is 0 Å².